The first-order chi connectivity index (χ1) is 10.1. The number of aryl methyl sites for hydroxylation is 1. The molecule has 1 aliphatic heterocycles. The Balaban J connectivity index is 1.92. The molecule has 6 nitrogen and oxygen atoms in total. The fourth-order valence-electron chi connectivity index (χ4n) is 2.26. The molecule has 0 aliphatic carbocycles. The quantitative estimate of drug-likeness (QED) is 0.597. The number of carbonyl (C=O) groups is 2. The Bertz CT molecular complexity index is 543. The minimum Gasteiger partial charge on any atom is -0.397 e. The predicted octanol–water partition coefficient (Wildman–Crippen LogP) is 1.48. The number of anilines is 3. The lowest BCUT2D eigenvalue weighted by molar-refractivity contribution is -0.120. The molecule has 1 aliphatic rings. The van der Waals surface area contributed by atoms with Gasteiger partial charge in [-0.1, -0.05) is 6.92 Å². The standard InChI is InChI=1S/C15H22N4O2/c1-2-6-18-14(20)5-7-17-13-8-10-3-4-15(21)19-12(10)9-11(13)16/h8-9,17H,2-7,16H2,1H3,(H,18,20)(H,19,21). The molecule has 0 fully saturated rings. The van der Waals surface area contributed by atoms with E-state index in [1.165, 1.54) is 0 Å². The predicted molar refractivity (Wildman–Crippen MR) is 84.2 cm³/mol. The molecule has 0 unspecified atom stereocenters. The van der Waals surface area contributed by atoms with Crippen LogP contribution in [0.2, 0.25) is 0 Å². The molecule has 5 N–H and O–H groups in total. The van der Waals surface area contributed by atoms with Crippen LogP contribution >= 0.6 is 0 Å². The van der Waals surface area contributed by atoms with E-state index in [2.05, 4.69) is 16.0 Å². The number of nitrogens with two attached hydrogens (primary N) is 1. The largest absolute Gasteiger partial charge is 0.397 e. The molecule has 2 amide bonds. The first-order valence-electron chi connectivity index (χ1n) is 7.33. The number of hydrogen-bond donors (Lipinski definition) is 4. The van der Waals surface area contributed by atoms with Gasteiger partial charge in [0, 0.05) is 31.6 Å². The average Bonchev–Trinajstić information content (AvgIpc) is 2.45. The molecule has 0 radical (unpaired) electrons. The number of benzene rings is 1. The van der Waals surface area contributed by atoms with E-state index in [0.717, 1.165) is 23.4 Å². The van der Waals surface area contributed by atoms with Crippen molar-refractivity contribution in [3.05, 3.63) is 17.7 Å². The minimum atomic E-state index is 0.0233. The van der Waals surface area contributed by atoms with Gasteiger partial charge in [0.2, 0.25) is 11.8 Å². The third-order valence-electron chi connectivity index (χ3n) is 3.41. The number of nitrogens with one attached hydrogen (secondary N) is 3. The Morgan fingerprint density at radius 3 is 2.90 bits per heavy atom. The van der Waals surface area contributed by atoms with Crippen molar-refractivity contribution in [3.63, 3.8) is 0 Å². The summed E-state index contributed by atoms with van der Waals surface area (Å²) < 4.78 is 0. The maximum Gasteiger partial charge on any atom is 0.224 e. The van der Waals surface area contributed by atoms with E-state index in [4.69, 9.17) is 5.73 Å². The summed E-state index contributed by atoms with van der Waals surface area (Å²) in [6.45, 7) is 3.26. The molecule has 0 saturated carbocycles. The number of fused-ring (bicyclic) bond motifs is 1. The Hall–Kier alpha value is -2.24. The molecule has 1 heterocycles. The van der Waals surface area contributed by atoms with Crippen molar-refractivity contribution < 1.29 is 9.59 Å². The molecule has 114 valence electrons. The Labute approximate surface area is 124 Å². The van der Waals surface area contributed by atoms with Crippen LogP contribution in [0.3, 0.4) is 0 Å². The smallest absolute Gasteiger partial charge is 0.224 e. The summed E-state index contributed by atoms with van der Waals surface area (Å²) in [7, 11) is 0. The molecule has 1 aromatic rings. The summed E-state index contributed by atoms with van der Waals surface area (Å²) in [5.74, 6) is 0.0587. The third-order valence-corrected chi connectivity index (χ3v) is 3.41. The van der Waals surface area contributed by atoms with Crippen molar-refractivity contribution in [1.82, 2.24) is 5.32 Å². The van der Waals surface area contributed by atoms with Gasteiger partial charge in [-0.15, -0.1) is 0 Å². The zero-order chi connectivity index (χ0) is 15.2. The molecular formula is C15H22N4O2. The monoisotopic (exact) mass is 290 g/mol. The number of carbonyl (C=O) groups excluding carboxylic acids is 2. The molecule has 0 saturated heterocycles. The lowest BCUT2D eigenvalue weighted by atomic mass is 10.0. The molecule has 21 heavy (non-hydrogen) atoms. The summed E-state index contributed by atoms with van der Waals surface area (Å²) in [5, 5.41) is 8.83. The first kappa shape index (κ1) is 15.2. The van der Waals surface area contributed by atoms with Crippen molar-refractivity contribution in [3.8, 4) is 0 Å². The first-order valence-corrected chi connectivity index (χ1v) is 7.33. The van der Waals surface area contributed by atoms with E-state index in [1.54, 1.807) is 6.07 Å². The fraction of sp³-hybridized carbons (Fsp3) is 0.467. The highest BCUT2D eigenvalue weighted by atomic mass is 16.2. The molecule has 0 spiro atoms. The maximum atomic E-state index is 11.5. The normalized spacial score (nSPS) is 13.3. The summed E-state index contributed by atoms with van der Waals surface area (Å²) >= 11 is 0. The second-order valence-corrected chi connectivity index (χ2v) is 5.17. The summed E-state index contributed by atoms with van der Waals surface area (Å²) in [6, 6.07) is 3.72. The zero-order valence-corrected chi connectivity index (χ0v) is 12.3. The van der Waals surface area contributed by atoms with Gasteiger partial charge in [-0.2, -0.15) is 0 Å². The second kappa shape index (κ2) is 6.97. The van der Waals surface area contributed by atoms with Gasteiger partial charge in [-0.05, 0) is 30.5 Å². The molecule has 1 aromatic carbocycles. The van der Waals surface area contributed by atoms with Crippen LogP contribution in [0.4, 0.5) is 17.1 Å². The van der Waals surface area contributed by atoms with Crippen LogP contribution in [-0.4, -0.2) is 24.9 Å². The second-order valence-electron chi connectivity index (χ2n) is 5.17. The summed E-state index contributed by atoms with van der Waals surface area (Å²) in [6.07, 6.45) is 2.55. The Kier molecular flexibility index (Phi) is 5.03. The number of nitrogen functional groups attached to an aromatic ring is 1. The highest BCUT2D eigenvalue weighted by molar-refractivity contribution is 5.95. The molecular weight excluding hydrogens is 268 g/mol. The maximum absolute atomic E-state index is 11.5. The van der Waals surface area contributed by atoms with Gasteiger partial charge in [0.15, 0.2) is 0 Å². The topological polar surface area (TPSA) is 96.2 Å². The SMILES string of the molecule is CCCNC(=O)CCNc1cc2c(cc1N)NC(=O)CC2. The van der Waals surface area contributed by atoms with Crippen LogP contribution in [0.15, 0.2) is 12.1 Å². The Morgan fingerprint density at radius 2 is 2.14 bits per heavy atom. The molecule has 0 atom stereocenters. The van der Waals surface area contributed by atoms with E-state index >= 15 is 0 Å². The highest BCUT2D eigenvalue weighted by Gasteiger charge is 2.16. The fourth-order valence-corrected chi connectivity index (χ4v) is 2.26. The van der Waals surface area contributed by atoms with Crippen LogP contribution in [0, 0.1) is 0 Å². The number of amides is 2. The minimum absolute atomic E-state index is 0.0233. The van der Waals surface area contributed by atoms with Gasteiger partial charge in [0.1, 0.15) is 0 Å². The van der Waals surface area contributed by atoms with Crippen molar-refractivity contribution >= 4 is 28.9 Å². The summed E-state index contributed by atoms with van der Waals surface area (Å²) in [5.41, 5.74) is 9.22. The van der Waals surface area contributed by atoms with Gasteiger partial charge < -0.3 is 21.7 Å². The molecule has 0 bridgehead atoms. The van der Waals surface area contributed by atoms with Crippen molar-refractivity contribution in [2.24, 2.45) is 0 Å². The molecule has 2 rings (SSSR count). The Morgan fingerprint density at radius 1 is 1.33 bits per heavy atom. The van der Waals surface area contributed by atoms with Gasteiger partial charge in [-0.3, -0.25) is 9.59 Å². The van der Waals surface area contributed by atoms with Crippen LogP contribution in [-0.2, 0) is 16.0 Å². The van der Waals surface area contributed by atoms with E-state index in [-0.39, 0.29) is 11.8 Å². The van der Waals surface area contributed by atoms with Crippen LogP contribution in [0.5, 0.6) is 0 Å². The highest BCUT2D eigenvalue weighted by Crippen LogP contribution is 2.30. The van der Waals surface area contributed by atoms with Crippen molar-refractivity contribution in [2.75, 3.05) is 29.5 Å². The lowest BCUT2D eigenvalue weighted by Crippen LogP contribution is -2.26. The van der Waals surface area contributed by atoms with Crippen LogP contribution < -0.4 is 21.7 Å². The van der Waals surface area contributed by atoms with Gasteiger partial charge >= 0.3 is 0 Å². The molecule has 6 heteroatoms. The van der Waals surface area contributed by atoms with Gasteiger partial charge in [0.05, 0.1) is 11.4 Å². The average molecular weight is 290 g/mol. The number of hydrogen-bond acceptors (Lipinski definition) is 4. The number of rotatable bonds is 6. The summed E-state index contributed by atoms with van der Waals surface area (Å²) in [4.78, 5) is 22.9. The van der Waals surface area contributed by atoms with Crippen molar-refractivity contribution in [2.45, 2.75) is 32.6 Å². The van der Waals surface area contributed by atoms with Crippen LogP contribution in [0.25, 0.3) is 0 Å². The van der Waals surface area contributed by atoms with E-state index in [9.17, 15) is 9.59 Å². The lowest BCUT2D eigenvalue weighted by Gasteiger charge is -2.19. The molecule has 0 aromatic heterocycles. The third kappa shape index (κ3) is 4.11. The zero-order valence-electron chi connectivity index (χ0n) is 12.3. The van der Waals surface area contributed by atoms with Gasteiger partial charge in [-0.25, -0.2) is 0 Å². The van der Waals surface area contributed by atoms with Gasteiger partial charge in [0.25, 0.3) is 0 Å². The van der Waals surface area contributed by atoms with E-state index in [0.29, 0.717) is 38.0 Å². The van der Waals surface area contributed by atoms with E-state index in [1.807, 2.05) is 13.0 Å². The van der Waals surface area contributed by atoms with Crippen LogP contribution in [0.1, 0.15) is 31.7 Å². The van der Waals surface area contributed by atoms with Crippen molar-refractivity contribution in [1.29, 1.82) is 0 Å². The van der Waals surface area contributed by atoms with E-state index < -0.39 is 0 Å².